The van der Waals surface area contributed by atoms with Crippen molar-refractivity contribution in [2.75, 3.05) is 26.2 Å². The molecule has 2 fully saturated rings. The minimum Gasteiger partial charge on any atom is -0.357 e. The fourth-order valence-corrected chi connectivity index (χ4v) is 3.55. The maximum Gasteiger partial charge on any atom is 0.322 e. The predicted octanol–water partition coefficient (Wildman–Crippen LogP) is -0.446. The summed E-state index contributed by atoms with van der Waals surface area (Å²) in [5, 5.41) is 12.5. The summed E-state index contributed by atoms with van der Waals surface area (Å²) in [5.74, 6) is 0.758. The van der Waals surface area contributed by atoms with Gasteiger partial charge in [-0.05, 0) is 32.6 Å². The van der Waals surface area contributed by atoms with E-state index in [1.807, 2.05) is 13.8 Å². The largest absolute Gasteiger partial charge is 0.357 e. The highest BCUT2D eigenvalue weighted by Crippen LogP contribution is 2.30. The van der Waals surface area contributed by atoms with E-state index in [2.05, 4.69) is 35.9 Å². The first-order chi connectivity index (χ1) is 12.5. The van der Waals surface area contributed by atoms with E-state index >= 15 is 0 Å². The fraction of sp³-hybridized carbons (Fsp3) is 0.688. The molecule has 2 saturated heterocycles. The number of carbonyl (C=O) groups excluding carboxylic acids is 2. The van der Waals surface area contributed by atoms with Gasteiger partial charge in [-0.1, -0.05) is 0 Å². The molecule has 0 saturated carbocycles. The van der Waals surface area contributed by atoms with Gasteiger partial charge in [-0.15, -0.1) is 0 Å². The van der Waals surface area contributed by atoms with Gasteiger partial charge in [-0.2, -0.15) is 5.10 Å². The predicted molar refractivity (Wildman–Crippen MR) is 95.4 cm³/mol. The number of likely N-dealkylation sites (tertiary alicyclic amines) is 1. The quantitative estimate of drug-likeness (QED) is 0.371. The Hall–Kier alpha value is -2.65. The standard InChI is InChI=1S/C16H26N8O2/c1-3-18-14(19-6-9-24-11-17-10-20-24)23-7-4-12(5-8-23)16(2)13(25)21-15(26)22-16/h10-12H,3-9H2,1-2H3,(H,18,19)(H2,21,22,25,26). The van der Waals surface area contributed by atoms with E-state index in [0.717, 1.165) is 38.4 Å². The Morgan fingerprint density at radius 2 is 2.19 bits per heavy atom. The van der Waals surface area contributed by atoms with Crippen LogP contribution in [0.25, 0.3) is 0 Å². The second-order valence-electron chi connectivity index (χ2n) is 6.77. The highest BCUT2D eigenvalue weighted by molar-refractivity contribution is 6.07. The molecule has 10 nitrogen and oxygen atoms in total. The molecule has 1 aromatic heterocycles. The Balaban J connectivity index is 1.57. The topological polar surface area (TPSA) is 117 Å². The SMILES string of the molecule is CCNC(=NCCn1cncn1)N1CCC(C2(C)NC(=O)NC2=O)CC1. The number of hydrogen-bond donors (Lipinski definition) is 3. The number of imide groups is 1. The van der Waals surface area contributed by atoms with Gasteiger partial charge in [0, 0.05) is 19.6 Å². The summed E-state index contributed by atoms with van der Waals surface area (Å²) in [4.78, 5) is 34.4. The van der Waals surface area contributed by atoms with Crippen LogP contribution in [0.2, 0.25) is 0 Å². The van der Waals surface area contributed by atoms with Gasteiger partial charge in [0.25, 0.3) is 5.91 Å². The lowest BCUT2D eigenvalue weighted by Crippen LogP contribution is -2.55. The number of amides is 3. The van der Waals surface area contributed by atoms with Crippen LogP contribution in [0, 0.1) is 5.92 Å². The average molecular weight is 362 g/mol. The third-order valence-electron chi connectivity index (χ3n) is 5.08. The zero-order valence-electron chi connectivity index (χ0n) is 15.2. The van der Waals surface area contributed by atoms with Crippen LogP contribution < -0.4 is 16.0 Å². The minimum atomic E-state index is -0.814. The van der Waals surface area contributed by atoms with E-state index in [-0.39, 0.29) is 11.8 Å². The smallest absolute Gasteiger partial charge is 0.322 e. The maximum absolute atomic E-state index is 12.1. The van der Waals surface area contributed by atoms with E-state index in [4.69, 9.17) is 0 Å². The normalized spacial score (nSPS) is 24.5. The first-order valence-corrected chi connectivity index (χ1v) is 9.02. The third-order valence-corrected chi connectivity index (χ3v) is 5.08. The van der Waals surface area contributed by atoms with Gasteiger partial charge in [0.2, 0.25) is 0 Å². The Morgan fingerprint density at radius 3 is 2.77 bits per heavy atom. The summed E-state index contributed by atoms with van der Waals surface area (Å²) in [6.07, 6.45) is 4.82. The van der Waals surface area contributed by atoms with Crippen molar-refractivity contribution in [3.63, 3.8) is 0 Å². The molecule has 0 bridgehead atoms. The fourth-order valence-electron chi connectivity index (χ4n) is 3.55. The molecular formula is C16H26N8O2. The second kappa shape index (κ2) is 7.71. The molecule has 3 N–H and O–H groups in total. The van der Waals surface area contributed by atoms with Crippen molar-refractivity contribution >= 4 is 17.9 Å². The number of urea groups is 1. The van der Waals surface area contributed by atoms with Gasteiger partial charge in [-0.3, -0.25) is 19.8 Å². The molecule has 3 amide bonds. The van der Waals surface area contributed by atoms with Crippen LogP contribution >= 0.6 is 0 Å². The summed E-state index contributed by atoms with van der Waals surface area (Å²) >= 11 is 0. The second-order valence-corrected chi connectivity index (χ2v) is 6.77. The molecule has 2 aliphatic rings. The van der Waals surface area contributed by atoms with Gasteiger partial charge < -0.3 is 15.5 Å². The number of hydrogen-bond acceptors (Lipinski definition) is 5. The number of nitrogens with zero attached hydrogens (tertiary/aromatic N) is 5. The maximum atomic E-state index is 12.1. The first-order valence-electron chi connectivity index (χ1n) is 9.02. The van der Waals surface area contributed by atoms with Crippen LogP contribution in [-0.4, -0.2) is 69.3 Å². The number of piperidine rings is 1. The molecular weight excluding hydrogens is 336 g/mol. The van der Waals surface area contributed by atoms with Gasteiger partial charge in [0.15, 0.2) is 5.96 Å². The van der Waals surface area contributed by atoms with Gasteiger partial charge in [0.05, 0.1) is 13.1 Å². The van der Waals surface area contributed by atoms with Crippen molar-refractivity contribution in [2.45, 2.75) is 38.8 Å². The Bertz CT molecular complexity index is 666. The summed E-state index contributed by atoms with van der Waals surface area (Å²) in [5.41, 5.74) is -0.814. The lowest BCUT2D eigenvalue weighted by molar-refractivity contribution is -0.125. The summed E-state index contributed by atoms with van der Waals surface area (Å²) in [7, 11) is 0. The van der Waals surface area contributed by atoms with Crippen LogP contribution in [-0.2, 0) is 11.3 Å². The van der Waals surface area contributed by atoms with E-state index < -0.39 is 11.6 Å². The lowest BCUT2D eigenvalue weighted by Gasteiger charge is -2.39. The van der Waals surface area contributed by atoms with Crippen LogP contribution in [0.15, 0.2) is 17.6 Å². The number of rotatable bonds is 5. The highest BCUT2D eigenvalue weighted by atomic mass is 16.2. The van der Waals surface area contributed by atoms with Crippen LogP contribution in [0.5, 0.6) is 0 Å². The van der Waals surface area contributed by atoms with Crippen molar-refractivity contribution in [3.05, 3.63) is 12.7 Å². The number of nitrogens with one attached hydrogen (secondary N) is 3. The summed E-state index contributed by atoms with van der Waals surface area (Å²) < 4.78 is 1.75. The van der Waals surface area contributed by atoms with E-state index in [9.17, 15) is 9.59 Å². The molecule has 1 unspecified atom stereocenters. The summed E-state index contributed by atoms with van der Waals surface area (Å²) in [6.45, 7) is 7.51. The number of carbonyl (C=O) groups is 2. The van der Waals surface area contributed by atoms with Gasteiger partial charge in [0.1, 0.15) is 18.2 Å². The molecule has 2 aliphatic heterocycles. The Labute approximate surface area is 152 Å². The zero-order chi connectivity index (χ0) is 18.6. The number of guanidine groups is 1. The van der Waals surface area contributed by atoms with E-state index in [1.165, 1.54) is 6.33 Å². The summed E-state index contributed by atoms with van der Waals surface area (Å²) in [6, 6.07) is -0.400. The van der Waals surface area contributed by atoms with Crippen molar-refractivity contribution in [1.82, 2.24) is 35.6 Å². The molecule has 26 heavy (non-hydrogen) atoms. The minimum absolute atomic E-state index is 0.114. The number of aromatic nitrogens is 3. The molecule has 0 radical (unpaired) electrons. The molecule has 0 spiro atoms. The molecule has 0 aliphatic carbocycles. The zero-order valence-corrected chi connectivity index (χ0v) is 15.2. The Kier molecular flexibility index (Phi) is 5.38. The van der Waals surface area contributed by atoms with Gasteiger partial charge in [-0.25, -0.2) is 9.78 Å². The van der Waals surface area contributed by atoms with E-state index in [1.54, 1.807) is 11.0 Å². The van der Waals surface area contributed by atoms with Crippen molar-refractivity contribution in [2.24, 2.45) is 10.9 Å². The molecule has 3 heterocycles. The molecule has 142 valence electrons. The lowest BCUT2D eigenvalue weighted by atomic mass is 9.79. The molecule has 0 aromatic carbocycles. The highest BCUT2D eigenvalue weighted by Gasteiger charge is 2.48. The van der Waals surface area contributed by atoms with Crippen LogP contribution in [0.3, 0.4) is 0 Å². The third kappa shape index (κ3) is 3.78. The van der Waals surface area contributed by atoms with Crippen LogP contribution in [0.1, 0.15) is 26.7 Å². The molecule has 10 heteroatoms. The van der Waals surface area contributed by atoms with E-state index in [0.29, 0.717) is 13.1 Å². The van der Waals surface area contributed by atoms with Crippen LogP contribution in [0.4, 0.5) is 4.79 Å². The monoisotopic (exact) mass is 362 g/mol. The molecule has 1 aromatic rings. The molecule has 1 atom stereocenters. The van der Waals surface area contributed by atoms with Gasteiger partial charge >= 0.3 is 6.03 Å². The Morgan fingerprint density at radius 1 is 1.42 bits per heavy atom. The number of aliphatic imine (C=N–C) groups is 1. The molecule has 3 rings (SSSR count). The average Bonchev–Trinajstić information content (AvgIpc) is 3.23. The van der Waals surface area contributed by atoms with Crippen molar-refractivity contribution < 1.29 is 9.59 Å². The van der Waals surface area contributed by atoms with Crippen molar-refractivity contribution in [1.29, 1.82) is 0 Å². The first kappa shape index (κ1) is 18.2. The van der Waals surface area contributed by atoms with Crippen molar-refractivity contribution in [3.8, 4) is 0 Å².